The molecule has 0 spiro atoms. The summed E-state index contributed by atoms with van der Waals surface area (Å²) < 4.78 is 16.8. The van der Waals surface area contributed by atoms with Gasteiger partial charge in [-0.1, -0.05) is 254 Å². The Hall–Kier alpha value is -3.15. The van der Waals surface area contributed by atoms with Gasteiger partial charge in [0.15, 0.2) is 6.10 Å². The first-order chi connectivity index (χ1) is 33.5. The number of rotatable bonds is 52. The summed E-state index contributed by atoms with van der Waals surface area (Å²) in [6.07, 6.45) is 71.9. The summed E-state index contributed by atoms with van der Waals surface area (Å²) in [6.45, 7) is 6.49. The Morgan fingerprint density at radius 3 is 0.956 bits per heavy atom. The van der Waals surface area contributed by atoms with Gasteiger partial charge in [0.2, 0.25) is 0 Å². The fourth-order valence-electron chi connectivity index (χ4n) is 8.12. The van der Waals surface area contributed by atoms with Crippen molar-refractivity contribution in [1.82, 2.24) is 0 Å². The van der Waals surface area contributed by atoms with Crippen LogP contribution in [0.2, 0.25) is 0 Å². The minimum Gasteiger partial charge on any atom is -0.462 e. The average molecular weight is 950 g/mol. The van der Waals surface area contributed by atoms with E-state index < -0.39 is 6.10 Å². The van der Waals surface area contributed by atoms with Crippen molar-refractivity contribution in [3.05, 3.63) is 72.9 Å². The topological polar surface area (TPSA) is 78.9 Å². The molecule has 1 atom stereocenters. The molecule has 0 N–H and O–H groups in total. The Labute approximate surface area is 421 Å². The van der Waals surface area contributed by atoms with Gasteiger partial charge in [-0.15, -0.1) is 0 Å². The molecule has 6 nitrogen and oxygen atoms in total. The predicted molar refractivity (Wildman–Crippen MR) is 293 cm³/mol. The third-order valence-corrected chi connectivity index (χ3v) is 12.4. The lowest BCUT2D eigenvalue weighted by molar-refractivity contribution is -0.167. The summed E-state index contributed by atoms with van der Waals surface area (Å²) in [6, 6.07) is 0. The molecule has 0 rings (SSSR count). The first-order valence-corrected chi connectivity index (χ1v) is 28.9. The molecule has 1 unspecified atom stereocenters. The molecule has 68 heavy (non-hydrogen) atoms. The largest absolute Gasteiger partial charge is 0.462 e. The van der Waals surface area contributed by atoms with E-state index in [9.17, 15) is 14.4 Å². The molecule has 0 aromatic rings. The average Bonchev–Trinajstić information content (AvgIpc) is 3.34. The lowest BCUT2D eigenvalue weighted by Crippen LogP contribution is -2.30. The number of esters is 3. The molecule has 0 amide bonds. The first-order valence-electron chi connectivity index (χ1n) is 28.9. The molecule has 0 saturated carbocycles. The fourth-order valence-corrected chi connectivity index (χ4v) is 8.12. The van der Waals surface area contributed by atoms with Gasteiger partial charge in [-0.05, 0) is 83.5 Å². The zero-order chi connectivity index (χ0) is 49.3. The Kier molecular flexibility index (Phi) is 53.8. The number of hydrogen-bond acceptors (Lipinski definition) is 6. The van der Waals surface area contributed by atoms with Crippen molar-refractivity contribution in [3.8, 4) is 0 Å². The van der Waals surface area contributed by atoms with Crippen molar-refractivity contribution >= 4 is 17.9 Å². The van der Waals surface area contributed by atoms with Gasteiger partial charge >= 0.3 is 17.9 Å². The number of unbranched alkanes of at least 4 members (excludes halogenated alkanes) is 29. The summed E-state index contributed by atoms with van der Waals surface area (Å²) in [5.41, 5.74) is 0. The highest BCUT2D eigenvalue weighted by molar-refractivity contribution is 5.71. The Morgan fingerprint density at radius 2 is 0.588 bits per heavy atom. The van der Waals surface area contributed by atoms with Crippen LogP contribution in [0, 0.1) is 0 Å². The van der Waals surface area contributed by atoms with E-state index in [1.54, 1.807) is 0 Å². The molecule has 6 heteroatoms. The lowest BCUT2D eigenvalue weighted by Gasteiger charge is -2.18. The summed E-state index contributed by atoms with van der Waals surface area (Å²) >= 11 is 0. The summed E-state index contributed by atoms with van der Waals surface area (Å²) in [5.74, 6) is -0.949. The molecule has 392 valence electrons. The van der Waals surface area contributed by atoms with Crippen LogP contribution in [0.5, 0.6) is 0 Å². The van der Waals surface area contributed by atoms with Crippen molar-refractivity contribution in [1.29, 1.82) is 0 Å². The third kappa shape index (κ3) is 53.8. The van der Waals surface area contributed by atoms with Crippen LogP contribution in [-0.2, 0) is 28.6 Å². The maximum absolute atomic E-state index is 12.8. The fraction of sp³-hybridized carbons (Fsp3) is 0.758. The number of ether oxygens (including phenoxy) is 3. The molecule has 0 aromatic heterocycles. The van der Waals surface area contributed by atoms with E-state index in [2.05, 4.69) is 93.7 Å². The van der Waals surface area contributed by atoms with Gasteiger partial charge in [0.25, 0.3) is 0 Å². The summed E-state index contributed by atoms with van der Waals surface area (Å²) in [5, 5.41) is 0. The number of hydrogen-bond donors (Lipinski definition) is 0. The Balaban J connectivity index is 4.39. The van der Waals surface area contributed by atoms with Crippen molar-refractivity contribution in [2.45, 2.75) is 290 Å². The highest BCUT2D eigenvalue weighted by Crippen LogP contribution is 2.15. The molecule has 0 heterocycles. The predicted octanol–water partition coefficient (Wildman–Crippen LogP) is 19.4. The molecule has 0 saturated heterocycles. The van der Waals surface area contributed by atoms with Gasteiger partial charge in [-0.25, -0.2) is 0 Å². The molecule has 0 bridgehead atoms. The second-order valence-electron chi connectivity index (χ2n) is 19.2. The van der Waals surface area contributed by atoms with E-state index in [1.165, 1.54) is 161 Å². The van der Waals surface area contributed by atoms with Crippen LogP contribution in [0.15, 0.2) is 72.9 Å². The van der Waals surface area contributed by atoms with Gasteiger partial charge < -0.3 is 14.2 Å². The molecule has 0 aliphatic rings. The van der Waals surface area contributed by atoms with Crippen molar-refractivity contribution in [2.75, 3.05) is 13.2 Å². The maximum atomic E-state index is 12.8. The van der Waals surface area contributed by atoms with E-state index in [0.717, 1.165) is 77.0 Å². The van der Waals surface area contributed by atoms with Crippen LogP contribution < -0.4 is 0 Å². The van der Waals surface area contributed by atoms with Gasteiger partial charge in [-0.3, -0.25) is 14.4 Å². The quantitative estimate of drug-likeness (QED) is 0.0262. The molecule has 0 fully saturated rings. The zero-order valence-corrected chi connectivity index (χ0v) is 44.9. The molecule has 0 aromatic carbocycles. The minimum atomic E-state index is -0.804. The second kappa shape index (κ2) is 56.4. The Bertz CT molecular complexity index is 1270. The van der Waals surface area contributed by atoms with Crippen molar-refractivity contribution < 1.29 is 28.6 Å². The highest BCUT2D eigenvalue weighted by Gasteiger charge is 2.19. The normalized spacial score (nSPS) is 12.6. The maximum Gasteiger partial charge on any atom is 0.306 e. The minimum absolute atomic E-state index is 0.0963. The van der Waals surface area contributed by atoms with Crippen LogP contribution in [0.25, 0.3) is 0 Å². The van der Waals surface area contributed by atoms with Crippen LogP contribution in [0.1, 0.15) is 284 Å². The first kappa shape index (κ1) is 64.8. The summed E-state index contributed by atoms with van der Waals surface area (Å²) in [4.78, 5) is 38.1. The molecular formula is C62H108O6. The van der Waals surface area contributed by atoms with E-state index in [4.69, 9.17) is 14.2 Å². The molecule has 0 radical (unpaired) electrons. The third-order valence-electron chi connectivity index (χ3n) is 12.4. The number of carbonyl (C=O) groups excluding carboxylic acids is 3. The highest BCUT2D eigenvalue weighted by atomic mass is 16.6. The number of allylic oxidation sites excluding steroid dienone is 12. The Morgan fingerprint density at radius 1 is 0.309 bits per heavy atom. The second-order valence-corrected chi connectivity index (χ2v) is 19.2. The smallest absolute Gasteiger partial charge is 0.306 e. The zero-order valence-electron chi connectivity index (χ0n) is 44.9. The van der Waals surface area contributed by atoms with Gasteiger partial charge in [0.05, 0.1) is 0 Å². The van der Waals surface area contributed by atoms with Crippen molar-refractivity contribution in [3.63, 3.8) is 0 Å². The molecule has 0 aliphatic carbocycles. The summed E-state index contributed by atoms with van der Waals surface area (Å²) in [7, 11) is 0. The molecule has 0 aliphatic heterocycles. The SMILES string of the molecule is CC/C=C\C/C=C\C/C=C\C/C=C\C/C=C\CCCC(=O)OC(COC(=O)CCCCCCCCCCC/C=C\CCCCCCCCCC)COC(=O)CCCCCCCCCCCCCC. The van der Waals surface area contributed by atoms with Crippen LogP contribution >= 0.6 is 0 Å². The van der Waals surface area contributed by atoms with Crippen molar-refractivity contribution in [2.24, 2.45) is 0 Å². The van der Waals surface area contributed by atoms with Gasteiger partial charge in [0.1, 0.15) is 13.2 Å². The van der Waals surface area contributed by atoms with E-state index in [1.807, 2.05) is 0 Å². The monoisotopic (exact) mass is 949 g/mol. The number of carbonyl (C=O) groups is 3. The van der Waals surface area contributed by atoms with Gasteiger partial charge in [-0.2, -0.15) is 0 Å². The van der Waals surface area contributed by atoms with Gasteiger partial charge in [0, 0.05) is 19.3 Å². The van der Waals surface area contributed by atoms with E-state index >= 15 is 0 Å². The van der Waals surface area contributed by atoms with Crippen LogP contribution in [0.4, 0.5) is 0 Å². The standard InChI is InChI=1S/C62H108O6/c1-4-7-10-13-16-19-22-25-27-29-30-31-32-34-35-37-40-43-46-49-52-55-61(64)67-58-59(57-66-60(63)54-51-48-45-42-39-24-21-18-15-12-9-6-3)68-62(65)56-53-50-47-44-41-38-36-33-28-26-23-20-17-14-11-8-5-2/h8,11,17,20,26,28-30,36,38,44,47,59H,4-7,9-10,12-16,18-19,21-25,27,31-35,37,39-43,45-46,48-58H2,1-3H3/b11-8-,20-17-,28-26-,30-29-,38-36-,47-44-. The van der Waals surface area contributed by atoms with Crippen LogP contribution in [0.3, 0.4) is 0 Å². The van der Waals surface area contributed by atoms with E-state index in [0.29, 0.717) is 19.3 Å². The van der Waals surface area contributed by atoms with E-state index in [-0.39, 0.29) is 37.5 Å². The van der Waals surface area contributed by atoms with Crippen LogP contribution in [-0.4, -0.2) is 37.2 Å². The lowest BCUT2D eigenvalue weighted by atomic mass is 10.0. The molecular weight excluding hydrogens is 841 g/mol.